The lowest BCUT2D eigenvalue weighted by molar-refractivity contribution is 0.0664. The number of carbonyl (C=O) groups is 1. The minimum absolute atomic E-state index is 0.0739. The number of likely N-dealkylation sites (N-methyl/N-ethyl adjacent to an activating group) is 1. The summed E-state index contributed by atoms with van der Waals surface area (Å²) < 4.78 is 32.6. The summed E-state index contributed by atoms with van der Waals surface area (Å²) in [5.74, 6) is 0.569. The van der Waals surface area contributed by atoms with Gasteiger partial charge in [0.05, 0.1) is 12.0 Å². The number of methoxy groups -OCH3 is 1. The Labute approximate surface area is 159 Å². The Morgan fingerprint density at radius 1 is 0.963 bits per heavy atom. The van der Waals surface area contributed by atoms with Gasteiger partial charge >= 0.3 is 0 Å². The van der Waals surface area contributed by atoms with Gasteiger partial charge in [-0.1, -0.05) is 0 Å². The smallest absolute Gasteiger partial charge is 0.261 e. The molecule has 3 rings (SSSR count). The molecule has 0 radical (unpaired) electrons. The Hall–Kier alpha value is -2.58. The van der Waals surface area contributed by atoms with Gasteiger partial charge in [-0.25, -0.2) is 8.42 Å². The van der Waals surface area contributed by atoms with Crippen LogP contribution in [0, 0.1) is 0 Å². The fraction of sp³-hybridized carbons (Fsp3) is 0.316. The molecule has 144 valence electrons. The summed E-state index contributed by atoms with van der Waals surface area (Å²) >= 11 is 0. The molecule has 1 aliphatic heterocycles. The van der Waals surface area contributed by atoms with Crippen molar-refractivity contribution in [3.63, 3.8) is 0 Å². The Kier molecular flexibility index (Phi) is 5.67. The summed E-state index contributed by atoms with van der Waals surface area (Å²) in [6, 6.07) is 12.6. The highest BCUT2D eigenvalue weighted by Crippen LogP contribution is 2.20. The molecule has 0 spiro atoms. The molecule has 0 unspecified atom stereocenters. The predicted octanol–water partition coefficient (Wildman–Crippen LogP) is 1.88. The third-order valence-electron chi connectivity index (χ3n) is 4.54. The Morgan fingerprint density at radius 2 is 1.56 bits per heavy atom. The van der Waals surface area contributed by atoms with Gasteiger partial charge in [-0.05, 0) is 55.6 Å². The second-order valence-electron chi connectivity index (χ2n) is 6.45. The summed E-state index contributed by atoms with van der Waals surface area (Å²) in [6.07, 6.45) is 0. The molecule has 7 nitrogen and oxygen atoms in total. The monoisotopic (exact) mass is 389 g/mol. The van der Waals surface area contributed by atoms with E-state index in [1.807, 2.05) is 7.05 Å². The van der Waals surface area contributed by atoms with Gasteiger partial charge in [0.25, 0.3) is 15.9 Å². The average Bonchev–Trinajstić information content (AvgIpc) is 2.68. The molecule has 1 fully saturated rings. The zero-order valence-electron chi connectivity index (χ0n) is 15.4. The van der Waals surface area contributed by atoms with E-state index in [0.717, 1.165) is 13.1 Å². The maximum atomic E-state index is 12.5. The molecule has 2 aromatic rings. The molecule has 1 heterocycles. The molecule has 2 aromatic carbocycles. The molecular weight excluding hydrogens is 366 g/mol. The second kappa shape index (κ2) is 7.98. The molecule has 1 saturated heterocycles. The standard InChI is InChI=1S/C19H23N3O4S/c1-21-11-13-22(14-12-21)19(23)15-3-9-18(10-4-15)27(24,25)20-16-5-7-17(26-2)8-6-16/h3-10,20H,11-14H2,1-2H3. The van der Waals surface area contributed by atoms with Gasteiger partial charge in [-0.2, -0.15) is 0 Å². The number of sulfonamides is 1. The van der Waals surface area contributed by atoms with Gasteiger partial charge in [0.15, 0.2) is 0 Å². The third-order valence-corrected chi connectivity index (χ3v) is 5.94. The Bertz CT molecular complexity index is 888. The lowest BCUT2D eigenvalue weighted by Crippen LogP contribution is -2.47. The van der Waals surface area contributed by atoms with Crippen LogP contribution in [0.3, 0.4) is 0 Å². The van der Waals surface area contributed by atoms with E-state index in [4.69, 9.17) is 4.74 Å². The number of ether oxygens (including phenoxy) is 1. The van der Waals surface area contributed by atoms with Crippen LogP contribution in [-0.4, -0.2) is 64.5 Å². The number of anilines is 1. The van der Waals surface area contributed by atoms with Crippen molar-refractivity contribution in [3.8, 4) is 5.75 Å². The van der Waals surface area contributed by atoms with Gasteiger partial charge in [-0.15, -0.1) is 0 Å². The molecule has 0 aliphatic carbocycles. The van der Waals surface area contributed by atoms with E-state index in [0.29, 0.717) is 30.1 Å². The van der Waals surface area contributed by atoms with Gasteiger partial charge in [0.1, 0.15) is 5.75 Å². The van der Waals surface area contributed by atoms with E-state index >= 15 is 0 Å². The van der Waals surface area contributed by atoms with E-state index in [-0.39, 0.29) is 10.8 Å². The molecule has 1 amide bonds. The van der Waals surface area contributed by atoms with E-state index in [9.17, 15) is 13.2 Å². The fourth-order valence-corrected chi connectivity index (χ4v) is 3.90. The minimum Gasteiger partial charge on any atom is -0.497 e. The summed E-state index contributed by atoms with van der Waals surface area (Å²) in [5, 5.41) is 0. The number of carbonyl (C=O) groups excluding carboxylic acids is 1. The first-order valence-corrected chi connectivity index (χ1v) is 10.1. The number of benzene rings is 2. The van der Waals surface area contributed by atoms with Gasteiger partial charge < -0.3 is 14.5 Å². The van der Waals surface area contributed by atoms with Crippen molar-refractivity contribution in [2.75, 3.05) is 45.1 Å². The van der Waals surface area contributed by atoms with Crippen molar-refractivity contribution in [1.29, 1.82) is 0 Å². The zero-order valence-corrected chi connectivity index (χ0v) is 16.2. The summed E-state index contributed by atoms with van der Waals surface area (Å²) in [6.45, 7) is 3.02. The van der Waals surface area contributed by atoms with Crippen LogP contribution < -0.4 is 9.46 Å². The molecule has 8 heteroatoms. The van der Waals surface area contributed by atoms with Crippen molar-refractivity contribution in [1.82, 2.24) is 9.80 Å². The third kappa shape index (κ3) is 4.58. The largest absolute Gasteiger partial charge is 0.497 e. The maximum absolute atomic E-state index is 12.5. The van der Waals surface area contributed by atoms with Crippen LogP contribution in [0.4, 0.5) is 5.69 Å². The molecule has 0 saturated carbocycles. The first-order valence-electron chi connectivity index (χ1n) is 8.64. The van der Waals surface area contributed by atoms with Gasteiger partial charge in [0, 0.05) is 37.4 Å². The highest BCUT2D eigenvalue weighted by atomic mass is 32.2. The number of nitrogens with zero attached hydrogens (tertiary/aromatic N) is 2. The summed E-state index contributed by atoms with van der Waals surface area (Å²) in [4.78, 5) is 16.6. The number of rotatable bonds is 5. The molecule has 27 heavy (non-hydrogen) atoms. The van der Waals surface area contributed by atoms with Crippen LogP contribution in [0.1, 0.15) is 10.4 Å². The first-order chi connectivity index (χ1) is 12.9. The lowest BCUT2D eigenvalue weighted by Gasteiger charge is -2.32. The number of hydrogen-bond acceptors (Lipinski definition) is 5. The van der Waals surface area contributed by atoms with Gasteiger partial charge in [0.2, 0.25) is 0 Å². The van der Waals surface area contributed by atoms with Crippen LogP contribution in [0.5, 0.6) is 5.75 Å². The molecule has 0 aromatic heterocycles. The number of piperazine rings is 1. The van der Waals surface area contributed by atoms with Crippen LogP contribution in [0.25, 0.3) is 0 Å². The van der Waals surface area contributed by atoms with E-state index in [1.54, 1.807) is 48.4 Å². The van der Waals surface area contributed by atoms with Crippen molar-refractivity contribution >= 4 is 21.6 Å². The van der Waals surface area contributed by atoms with Crippen LogP contribution >= 0.6 is 0 Å². The normalized spacial score (nSPS) is 15.4. The fourth-order valence-electron chi connectivity index (χ4n) is 2.84. The van der Waals surface area contributed by atoms with E-state index < -0.39 is 10.0 Å². The Balaban J connectivity index is 1.70. The lowest BCUT2D eigenvalue weighted by atomic mass is 10.2. The topological polar surface area (TPSA) is 78.9 Å². The average molecular weight is 389 g/mol. The highest BCUT2D eigenvalue weighted by Gasteiger charge is 2.21. The summed E-state index contributed by atoms with van der Waals surface area (Å²) in [5.41, 5.74) is 0.927. The van der Waals surface area contributed by atoms with Crippen molar-refractivity contribution < 1.29 is 17.9 Å². The quantitative estimate of drug-likeness (QED) is 0.845. The van der Waals surface area contributed by atoms with Crippen molar-refractivity contribution in [2.45, 2.75) is 4.90 Å². The van der Waals surface area contributed by atoms with Crippen LogP contribution in [0.15, 0.2) is 53.4 Å². The summed E-state index contributed by atoms with van der Waals surface area (Å²) in [7, 11) is -0.159. The van der Waals surface area contributed by atoms with Gasteiger partial charge in [-0.3, -0.25) is 9.52 Å². The SMILES string of the molecule is COc1ccc(NS(=O)(=O)c2ccc(C(=O)N3CCN(C)CC3)cc2)cc1. The first kappa shape index (κ1) is 19.2. The maximum Gasteiger partial charge on any atom is 0.261 e. The van der Waals surface area contributed by atoms with Crippen LogP contribution in [0.2, 0.25) is 0 Å². The molecule has 0 atom stereocenters. The Morgan fingerprint density at radius 3 is 2.11 bits per heavy atom. The van der Waals surface area contributed by atoms with Crippen LogP contribution in [-0.2, 0) is 10.0 Å². The number of hydrogen-bond donors (Lipinski definition) is 1. The molecule has 1 aliphatic rings. The predicted molar refractivity (Wildman–Crippen MR) is 104 cm³/mol. The second-order valence-corrected chi connectivity index (χ2v) is 8.14. The molecular formula is C19H23N3O4S. The highest BCUT2D eigenvalue weighted by molar-refractivity contribution is 7.92. The number of amides is 1. The minimum atomic E-state index is -3.73. The van der Waals surface area contributed by atoms with Crippen molar-refractivity contribution in [2.24, 2.45) is 0 Å². The number of nitrogens with one attached hydrogen (secondary N) is 1. The van der Waals surface area contributed by atoms with E-state index in [2.05, 4.69) is 9.62 Å². The zero-order chi connectivity index (χ0) is 19.4. The van der Waals surface area contributed by atoms with Crippen molar-refractivity contribution in [3.05, 3.63) is 54.1 Å². The molecule has 1 N–H and O–H groups in total. The molecule has 0 bridgehead atoms. The van der Waals surface area contributed by atoms with E-state index in [1.165, 1.54) is 12.1 Å².